The Bertz CT molecular complexity index is 579. The van der Waals surface area contributed by atoms with Crippen molar-refractivity contribution in [3.63, 3.8) is 0 Å². The van der Waals surface area contributed by atoms with E-state index in [2.05, 4.69) is 0 Å². The lowest BCUT2D eigenvalue weighted by Gasteiger charge is -2.30. The van der Waals surface area contributed by atoms with Gasteiger partial charge in [0.05, 0.1) is 0 Å². The summed E-state index contributed by atoms with van der Waals surface area (Å²) in [5, 5.41) is 0.640. The first-order valence-corrected chi connectivity index (χ1v) is 7.67. The smallest absolute Gasteiger partial charge is 0.123 e. The maximum absolute atomic E-state index is 13.3. The molecule has 0 spiro atoms. The van der Waals surface area contributed by atoms with Crippen LogP contribution in [-0.2, 0) is 11.8 Å². The van der Waals surface area contributed by atoms with Crippen LogP contribution >= 0.6 is 34.8 Å². The molecule has 106 valence electrons. The van der Waals surface area contributed by atoms with Crippen molar-refractivity contribution in [2.75, 3.05) is 11.8 Å². The Kier molecular flexibility index (Phi) is 5.31. The van der Waals surface area contributed by atoms with Crippen LogP contribution < -0.4 is 0 Å². The van der Waals surface area contributed by atoms with Crippen molar-refractivity contribution in [2.45, 2.75) is 11.8 Å². The number of hydrogen-bond donors (Lipinski definition) is 0. The van der Waals surface area contributed by atoms with Gasteiger partial charge in [-0.3, -0.25) is 0 Å². The second kappa shape index (κ2) is 6.80. The summed E-state index contributed by atoms with van der Waals surface area (Å²) in [7, 11) is 0. The second-order valence-corrected chi connectivity index (χ2v) is 5.84. The lowest BCUT2D eigenvalue weighted by Crippen LogP contribution is -2.33. The van der Waals surface area contributed by atoms with Gasteiger partial charge in [-0.05, 0) is 41.8 Å². The van der Waals surface area contributed by atoms with E-state index < -0.39 is 5.41 Å². The van der Waals surface area contributed by atoms with Gasteiger partial charge in [-0.2, -0.15) is 0 Å². The Hall–Kier alpha value is -0.760. The first-order valence-electron chi connectivity index (χ1n) is 6.22. The number of benzene rings is 2. The first-order chi connectivity index (χ1) is 9.59. The lowest BCUT2D eigenvalue weighted by atomic mass is 9.79. The molecular formula is C16H14Cl3F. The van der Waals surface area contributed by atoms with Crippen molar-refractivity contribution in [1.82, 2.24) is 0 Å². The van der Waals surface area contributed by atoms with Crippen molar-refractivity contribution in [1.29, 1.82) is 0 Å². The van der Waals surface area contributed by atoms with Gasteiger partial charge in [-0.15, -0.1) is 23.2 Å². The Labute approximate surface area is 133 Å². The molecular weight excluding hydrogens is 318 g/mol. The Morgan fingerprint density at radius 1 is 0.950 bits per heavy atom. The first kappa shape index (κ1) is 15.6. The molecule has 0 aliphatic carbocycles. The largest absolute Gasteiger partial charge is 0.207 e. The summed E-state index contributed by atoms with van der Waals surface area (Å²) in [4.78, 5) is 0. The number of rotatable bonds is 5. The van der Waals surface area contributed by atoms with E-state index in [4.69, 9.17) is 34.8 Å². The van der Waals surface area contributed by atoms with Crippen LogP contribution in [0.5, 0.6) is 0 Å². The molecule has 2 aromatic rings. The fourth-order valence-corrected chi connectivity index (χ4v) is 3.22. The van der Waals surface area contributed by atoms with E-state index in [9.17, 15) is 4.39 Å². The van der Waals surface area contributed by atoms with E-state index >= 15 is 0 Å². The van der Waals surface area contributed by atoms with Crippen molar-refractivity contribution in [3.05, 3.63) is 70.5 Å². The standard InChI is InChI=1S/C16H14Cl3F/c17-10-16(11-18,13-4-2-5-14(19)8-13)9-12-3-1-6-15(20)7-12/h1-8H,9-11H2. The molecule has 2 rings (SSSR count). The van der Waals surface area contributed by atoms with Gasteiger partial charge in [0, 0.05) is 22.2 Å². The number of hydrogen-bond acceptors (Lipinski definition) is 0. The molecule has 4 heteroatoms. The van der Waals surface area contributed by atoms with E-state index in [0.29, 0.717) is 23.2 Å². The topological polar surface area (TPSA) is 0 Å². The van der Waals surface area contributed by atoms with Gasteiger partial charge in [0.25, 0.3) is 0 Å². The van der Waals surface area contributed by atoms with Gasteiger partial charge in [0.2, 0.25) is 0 Å². The van der Waals surface area contributed by atoms with E-state index in [1.54, 1.807) is 12.1 Å². The minimum Gasteiger partial charge on any atom is -0.207 e. The molecule has 0 aliphatic rings. The van der Waals surface area contributed by atoms with Crippen LogP contribution in [-0.4, -0.2) is 11.8 Å². The van der Waals surface area contributed by atoms with Crippen LogP contribution in [0.15, 0.2) is 48.5 Å². The van der Waals surface area contributed by atoms with E-state index in [0.717, 1.165) is 11.1 Å². The van der Waals surface area contributed by atoms with E-state index in [1.165, 1.54) is 12.1 Å². The third kappa shape index (κ3) is 3.46. The van der Waals surface area contributed by atoms with Crippen LogP contribution in [0.3, 0.4) is 0 Å². The molecule has 0 fully saturated rings. The molecule has 0 bridgehead atoms. The zero-order valence-corrected chi connectivity index (χ0v) is 13.0. The predicted octanol–water partition coefficient (Wildman–Crippen LogP) is 5.44. The maximum Gasteiger partial charge on any atom is 0.123 e. The summed E-state index contributed by atoms with van der Waals surface area (Å²) in [6, 6.07) is 14.0. The molecule has 0 saturated heterocycles. The molecule has 0 nitrogen and oxygen atoms in total. The lowest BCUT2D eigenvalue weighted by molar-refractivity contribution is 0.533. The summed E-state index contributed by atoms with van der Waals surface area (Å²) < 4.78 is 13.3. The minimum atomic E-state index is -0.457. The van der Waals surface area contributed by atoms with Gasteiger partial charge >= 0.3 is 0 Å². The van der Waals surface area contributed by atoms with Crippen molar-refractivity contribution in [3.8, 4) is 0 Å². The average Bonchev–Trinajstić information content (AvgIpc) is 2.45. The van der Waals surface area contributed by atoms with Gasteiger partial charge in [-0.1, -0.05) is 35.9 Å². The molecule has 0 heterocycles. The highest BCUT2D eigenvalue weighted by Crippen LogP contribution is 2.33. The highest BCUT2D eigenvalue weighted by Gasteiger charge is 2.31. The molecule has 20 heavy (non-hydrogen) atoms. The van der Waals surface area contributed by atoms with Gasteiger partial charge in [0.1, 0.15) is 5.82 Å². The van der Waals surface area contributed by atoms with Crippen LogP contribution in [0.4, 0.5) is 4.39 Å². The van der Waals surface area contributed by atoms with Crippen molar-refractivity contribution < 1.29 is 4.39 Å². The third-order valence-electron chi connectivity index (χ3n) is 3.38. The average molecular weight is 332 g/mol. The monoisotopic (exact) mass is 330 g/mol. The fraction of sp³-hybridized carbons (Fsp3) is 0.250. The number of halogens is 4. The fourth-order valence-electron chi connectivity index (χ4n) is 2.24. The molecule has 0 atom stereocenters. The van der Waals surface area contributed by atoms with Gasteiger partial charge < -0.3 is 0 Å². The maximum atomic E-state index is 13.3. The normalized spacial score (nSPS) is 11.6. The Balaban J connectivity index is 2.39. The molecule has 0 N–H and O–H groups in total. The molecule has 2 aromatic carbocycles. The minimum absolute atomic E-state index is 0.258. The molecule has 0 unspecified atom stereocenters. The van der Waals surface area contributed by atoms with Gasteiger partial charge in [-0.25, -0.2) is 4.39 Å². The third-order valence-corrected chi connectivity index (χ3v) is 4.64. The van der Waals surface area contributed by atoms with Crippen molar-refractivity contribution in [2.24, 2.45) is 0 Å². The molecule has 0 radical (unpaired) electrons. The summed E-state index contributed by atoms with van der Waals surface area (Å²) >= 11 is 18.4. The summed E-state index contributed by atoms with van der Waals surface area (Å²) in [6.45, 7) is 0. The van der Waals surface area contributed by atoms with Crippen molar-refractivity contribution >= 4 is 34.8 Å². The molecule has 0 amide bonds. The zero-order valence-electron chi connectivity index (χ0n) is 10.8. The van der Waals surface area contributed by atoms with Crippen LogP contribution in [0, 0.1) is 5.82 Å². The Morgan fingerprint density at radius 3 is 2.25 bits per heavy atom. The SMILES string of the molecule is Fc1cccc(CC(CCl)(CCl)c2cccc(Cl)c2)c1. The zero-order chi connectivity index (χ0) is 14.6. The quantitative estimate of drug-likeness (QED) is 0.640. The molecule has 0 saturated carbocycles. The summed E-state index contributed by atoms with van der Waals surface area (Å²) in [5.74, 6) is 0.424. The highest BCUT2D eigenvalue weighted by atomic mass is 35.5. The van der Waals surface area contributed by atoms with E-state index in [1.807, 2.05) is 24.3 Å². The van der Waals surface area contributed by atoms with E-state index in [-0.39, 0.29) is 5.82 Å². The molecule has 0 aliphatic heterocycles. The van der Waals surface area contributed by atoms with Gasteiger partial charge in [0.15, 0.2) is 0 Å². The Morgan fingerprint density at radius 2 is 1.65 bits per heavy atom. The van der Waals surface area contributed by atoms with Crippen LogP contribution in [0.1, 0.15) is 11.1 Å². The summed E-state index contributed by atoms with van der Waals surface area (Å²) in [5.41, 5.74) is 1.38. The van der Waals surface area contributed by atoms with Crippen LogP contribution in [0.25, 0.3) is 0 Å². The predicted molar refractivity (Wildman–Crippen MR) is 84.7 cm³/mol. The summed E-state index contributed by atoms with van der Waals surface area (Å²) in [6.07, 6.45) is 0.568. The second-order valence-electron chi connectivity index (χ2n) is 4.86. The van der Waals surface area contributed by atoms with Crippen LogP contribution in [0.2, 0.25) is 5.02 Å². The number of alkyl halides is 2. The highest BCUT2D eigenvalue weighted by molar-refractivity contribution is 6.30. The molecule has 0 aromatic heterocycles.